The summed E-state index contributed by atoms with van der Waals surface area (Å²) in [5.41, 5.74) is 2.51. The molecule has 2 rings (SSSR count). The number of benzene rings is 1. The maximum Gasteiger partial charge on any atom is 0.123 e. The standard InChI is InChI=1S/C15H23NO2/c1-12-5-6-15(18-2)14(8-12)10-16-7-3-4-13(9-16)11-17/h5-6,8,13,17H,3-4,7,9-11H2,1-2H3. The number of hydrogen-bond acceptors (Lipinski definition) is 3. The van der Waals surface area contributed by atoms with E-state index >= 15 is 0 Å². The Morgan fingerprint density at radius 1 is 1.44 bits per heavy atom. The second kappa shape index (κ2) is 6.21. The number of methoxy groups -OCH3 is 1. The van der Waals surface area contributed by atoms with Gasteiger partial charge in [-0.15, -0.1) is 0 Å². The first-order chi connectivity index (χ1) is 8.72. The van der Waals surface area contributed by atoms with Gasteiger partial charge in [-0.3, -0.25) is 4.90 Å². The molecule has 18 heavy (non-hydrogen) atoms. The minimum absolute atomic E-state index is 0.307. The molecule has 0 aromatic heterocycles. The first-order valence-corrected chi connectivity index (χ1v) is 6.69. The number of nitrogens with zero attached hydrogens (tertiary/aromatic N) is 1. The number of aryl methyl sites for hydroxylation is 1. The molecule has 3 nitrogen and oxygen atoms in total. The van der Waals surface area contributed by atoms with Crippen LogP contribution in [0.5, 0.6) is 5.75 Å². The van der Waals surface area contributed by atoms with E-state index < -0.39 is 0 Å². The number of piperidine rings is 1. The molecule has 1 saturated heterocycles. The highest BCUT2D eigenvalue weighted by molar-refractivity contribution is 5.36. The lowest BCUT2D eigenvalue weighted by Crippen LogP contribution is -2.36. The first-order valence-electron chi connectivity index (χ1n) is 6.69. The van der Waals surface area contributed by atoms with Crippen molar-refractivity contribution in [1.29, 1.82) is 0 Å². The van der Waals surface area contributed by atoms with Crippen LogP contribution in [0.25, 0.3) is 0 Å². The molecule has 1 aromatic carbocycles. The van der Waals surface area contributed by atoms with Crippen molar-refractivity contribution in [2.45, 2.75) is 26.3 Å². The Bertz CT molecular complexity index is 392. The highest BCUT2D eigenvalue weighted by Gasteiger charge is 2.20. The number of hydrogen-bond donors (Lipinski definition) is 1. The van der Waals surface area contributed by atoms with Crippen LogP contribution in [0.2, 0.25) is 0 Å². The normalized spacial score (nSPS) is 20.9. The zero-order valence-corrected chi connectivity index (χ0v) is 11.4. The Hall–Kier alpha value is -1.06. The molecule has 3 heteroatoms. The van der Waals surface area contributed by atoms with Crippen molar-refractivity contribution in [3.8, 4) is 5.75 Å². The molecule has 1 unspecified atom stereocenters. The molecule has 1 aliphatic rings. The fraction of sp³-hybridized carbons (Fsp3) is 0.600. The van der Waals surface area contributed by atoms with E-state index in [1.165, 1.54) is 17.5 Å². The second-order valence-electron chi connectivity index (χ2n) is 5.24. The van der Waals surface area contributed by atoms with E-state index in [9.17, 15) is 5.11 Å². The average Bonchev–Trinajstić information content (AvgIpc) is 2.39. The predicted octanol–water partition coefficient (Wildman–Crippen LogP) is 2.21. The molecular formula is C15H23NO2. The summed E-state index contributed by atoms with van der Waals surface area (Å²) in [6.07, 6.45) is 2.33. The summed E-state index contributed by atoms with van der Waals surface area (Å²) >= 11 is 0. The van der Waals surface area contributed by atoms with Gasteiger partial charge in [0.15, 0.2) is 0 Å². The van der Waals surface area contributed by atoms with Gasteiger partial charge in [0.1, 0.15) is 5.75 Å². The van der Waals surface area contributed by atoms with Crippen LogP contribution in [0.1, 0.15) is 24.0 Å². The average molecular weight is 249 g/mol. The van der Waals surface area contributed by atoms with Gasteiger partial charge in [-0.25, -0.2) is 0 Å². The third-order valence-electron chi connectivity index (χ3n) is 3.69. The molecule has 0 spiro atoms. The lowest BCUT2D eigenvalue weighted by molar-refractivity contribution is 0.115. The van der Waals surface area contributed by atoms with Crippen LogP contribution in [-0.4, -0.2) is 36.8 Å². The van der Waals surface area contributed by atoms with E-state index in [1.54, 1.807) is 7.11 Å². The summed E-state index contributed by atoms with van der Waals surface area (Å²) < 4.78 is 5.42. The van der Waals surface area contributed by atoms with Gasteiger partial charge in [0.05, 0.1) is 7.11 Å². The van der Waals surface area contributed by atoms with E-state index in [2.05, 4.69) is 24.0 Å². The van der Waals surface area contributed by atoms with Crippen LogP contribution in [0, 0.1) is 12.8 Å². The number of ether oxygens (including phenoxy) is 1. The monoisotopic (exact) mass is 249 g/mol. The van der Waals surface area contributed by atoms with Crippen molar-refractivity contribution in [1.82, 2.24) is 4.90 Å². The van der Waals surface area contributed by atoms with E-state index in [1.807, 2.05) is 6.07 Å². The van der Waals surface area contributed by atoms with E-state index in [-0.39, 0.29) is 0 Å². The molecule has 1 aliphatic heterocycles. The van der Waals surface area contributed by atoms with Gasteiger partial charge in [-0.1, -0.05) is 17.7 Å². The van der Waals surface area contributed by atoms with Crippen LogP contribution in [0.3, 0.4) is 0 Å². The molecular weight excluding hydrogens is 226 g/mol. The summed E-state index contributed by atoms with van der Waals surface area (Å²) in [7, 11) is 1.72. The van der Waals surface area contributed by atoms with Gasteiger partial charge in [-0.05, 0) is 38.3 Å². The number of likely N-dealkylation sites (tertiary alicyclic amines) is 1. The van der Waals surface area contributed by atoms with E-state index in [0.717, 1.165) is 31.8 Å². The van der Waals surface area contributed by atoms with Crippen molar-refractivity contribution < 1.29 is 9.84 Å². The Kier molecular flexibility index (Phi) is 4.61. The smallest absolute Gasteiger partial charge is 0.123 e. The summed E-state index contributed by atoms with van der Waals surface area (Å²) in [5, 5.41) is 9.27. The van der Waals surface area contributed by atoms with Crippen LogP contribution in [0.4, 0.5) is 0 Å². The third-order valence-corrected chi connectivity index (χ3v) is 3.69. The van der Waals surface area contributed by atoms with Gasteiger partial charge in [0, 0.05) is 25.3 Å². The zero-order chi connectivity index (χ0) is 13.0. The van der Waals surface area contributed by atoms with Crippen LogP contribution < -0.4 is 4.74 Å². The van der Waals surface area contributed by atoms with Crippen LogP contribution >= 0.6 is 0 Å². The van der Waals surface area contributed by atoms with E-state index in [0.29, 0.717) is 12.5 Å². The number of rotatable bonds is 4. The largest absolute Gasteiger partial charge is 0.496 e. The molecule has 1 heterocycles. The lowest BCUT2D eigenvalue weighted by Gasteiger charge is -2.32. The summed E-state index contributed by atoms with van der Waals surface area (Å²) in [4.78, 5) is 2.42. The molecule has 1 aromatic rings. The quantitative estimate of drug-likeness (QED) is 0.888. The minimum Gasteiger partial charge on any atom is -0.496 e. The maximum absolute atomic E-state index is 9.27. The van der Waals surface area contributed by atoms with Crippen molar-refractivity contribution in [2.75, 3.05) is 26.8 Å². The van der Waals surface area contributed by atoms with Crippen molar-refractivity contribution in [2.24, 2.45) is 5.92 Å². The SMILES string of the molecule is COc1ccc(C)cc1CN1CCCC(CO)C1. The molecule has 100 valence electrons. The first kappa shape index (κ1) is 13.4. The molecule has 0 amide bonds. The molecule has 0 aliphatic carbocycles. The van der Waals surface area contributed by atoms with Crippen LogP contribution in [0.15, 0.2) is 18.2 Å². The van der Waals surface area contributed by atoms with Crippen molar-refractivity contribution in [3.05, 3.63) is 29.3 Å². The van der Waals surface area contributed by atoms with Gasteiger partial charge in [-0.2, -0.15) is 0 Å². The van der Waals surface area contributed by atoms with Gasteiger partial charge >= 0.3 is 0 Å². The van der Waals surface area contributed by atoms with Gasteiger partial charge in [0.2, 0.25) is 0 Å². The Morgan fingerprint density at radius 2 is 2.28 bits per heavy atom. The Labute approximate surface area is 109 Å². The summed E-state index contributed by atoms with van der Waals surface area (Å²) in [6.45, 7) is 5.44. The topological polar surface area (TPSA) is 32.7 Å². The molecule has 1 atom stereocenters. The minimum atomic E-state index is 0.307. The summed E-state index contributed by atoms with van der Waals surface area (Å²) in [6, 6.07) is 6.31. The van der Waals surface area contributed by atoms with Crippen molar-refractivity contribution in [3.63, 3.8) is 0 Å². The molecule has 0 bridgehead atoms. The predicted molar refractivity (Wildman–Crippen MR) is 72.8 cm³/mol. The third kappa shape index (κ3) is 3.24. The fourth-order valence-electron chi connectivity index (χ4n) is 2.72. The number of aliphatic hydroxyl groups excluding tert-OH is 1. The Balaban J connectivity index is 2.06. The molecule has 1 N–H and O–H groups in total. The molecule has 0 saturated carbocycles. The lowest BCUT2D eigenvalue weighted by atomic mass is 9.98. The summed E-state index contributed by atoms with van der Waals surface area (Å²) in [5.74, 6) is 1.40. The second-order valence-corrected chi connectivity index (χ2v) is 5.24. The van der Waals surface area contributed by atoms with Gasteiger partial charge in [0.25, 0.3) is 0 Å². The molecule has 0 radical (unpaired) electrons. The fourth-order valence-corrected chi connectivity index (χ4v) is 2.72. The maximum atomic E-state index is 9.27. The Morgan fingerprint density at radius 3 is 3.00 bits per heavy atom. The number of aliphatic hydroxyl groups is 1. The van der Waals surface area contributed by atoms with Crippen LogP contribution in [-0.2, 0) is 6.54 Å². The molecule has 1 fully saturated rings. The highest BCUT2D eigenvalue weighted by atomic mass is 16.5. The van der Waals surface area contributed by atoms with Gasteiger partial charge < -0.3 is 9.84 Å². The van der Waals surface area contributed by atoms with Crippen molar-refractivity contribution >= 4 is 0 Å². The zero-order valence-electron chi connectivity index (χ0n) is 11.4. The highest BCUT2D eigenvalue weighted by Crippen LogP contribution is 2.24. The van der Waals surface area contributed by atoms with E-state index in [4.69, 9.17) is 4.74 Å².